The van der Waals surface area contributed by atoms with E-state index in [4.69, 9.17) is 5.73 Å². The van der Waals surface area contributed by atoms with Crippen LogP contribution in [0.2, 0.25) is 0 Å². The fraction of sp³-hybridized carbons (Fsp3) is 0.692. The van der Waals surface area contributed by atoms with Crippen LogP contribution in [-0.4, -0.2) is 29.1 Å². The highest BCUT2D eigenvalue weighted by Gasteiger charge is 2.26. The Morgan fingerprint density at radius 1 is 1.56 bits per heavy atom. The number of hydrogen-bond acceptors (Lipinski definition) is 4. The second-order valence-electron chi connectivity index (χ2n) is 5.08. The molecule has 0 saturated carbocycles. The molecule has 1 saturated heterocycles. The van der Waals surface area contributed by atoms with Crippen LogP contribution >= 0.6 is 0 Å². The highest BCUT2D eigenvalue weighted by atomic mass is 16.1. The van der Waals surface area contributed by atoms with Gasteiger partial charge < -0.3 is 15.6 Å². The molecule has 2 unspecified atom stereocenters. The lowest BCUT2D eigenvalue weighted by atomic mass is 9.93. The molecule has 0 amide bonds. The molecule has 18 heavy (non-hydrogen) atoms. The van der Waals surface area contributed by atoms with Crippen LogP contribution in [0.5, 0.6) is 0 Å². The summed E-state index contributed by atoms with van der Waals surface area (Å²) in [7, 11) is 0. The fourth-order valence-corrected chi connectivity index (χ4v) is 2.50. The predicted molar refractivity (Wildman–Crippen MR) is 72.8 cm³/mol. The number of piperidine rings is 1. The Hall–Kier alpha value is -1.36. The van der Waals surface area contributed by atoms with Gasteiger partial charge in [-0.1, -0.05) is 6.92 Å². The molecular weight excluding hydrogens is 228 g/mol. The van der Waals surface area contributed by atoms with Crippen LogP contribution in [-0.2, 0) is 6.42 Å². The maximum atomic E-state index is 11.6. The molecule has 0 spiro atoms. The molecule has 1 aliphatic heterocycles. The maximum absolute atomic E-state index is 11.6. The maximum Gasteiger partial charge on any atom is 0.252 e. The molecule has 0 radical (unpaired) electrons. The lowest BCUT2D eigenvalue weighted by molar-refractivity contribution is 0.371. The number of anilines is 1. The zero-order valence-electron chi connectivity index (χ0n) is 11.1. The van der Waals surface area contributed by atoms with E-state index in [1.807, 2.05) is 6.92 Å². The number of aryl methyl sites for hydroxylation is 1. The molecule has 2 heterocycles. The van der Waals surface area contributed by atoms with E-state index in [2.05, 4.69) is 21.8 Å². The quantitative estimate of drug-likeness (QED) is 0.835. The van der Waals surface area contributed by atoms with E-state index in [1.54, 1.807) is 6.07 Å². The Labute approximate surface area is 107 Å². The van der Waals surface area contributed by atoms with Gasteiger partial charge in [-0.3, -0.25) is 4.79 Å². The van der Waals surface area contributed by atoms with Gasteiger partial charge in [0.2, 0.25) is 0 Å². The molecule has 1 fully saturated rings. The number of nitrogens with one attached hydrogen (secondary N) is 1. The average molecular weight is 250 g/mol. The molecule has 2 atom stereocenters. The first-order valence-electron chi connectivity index (χ1n) is 6.71. The van der Waals surface area contributed by atoms with Crippen molar-refractivity contribution >= 4 is 5.82 Å². The molecule has 0 aliphatic carbocycles. The van der Waals surface area contributed by atoms with Crippen molar-refractivity contribution in [2.75, 3.05) is 18.0 Å². The number of nitrogens with zero attached hydrogens (tertiary/aromatic N) is 2. The third kappa shape index (κ3) is 2.72. The molecule has 0 aromatic carbocycles. The molecule has 2 rings (SSSR count). The minimum atomic E-state index is -0.0704. The monoisotopic (exact) mass is 250 g/mol. The Balaban J connectivity index is 2.28. The molecule has 1 aromatic heterocycles. The second kappa shape index (κ2) is 5.52. The summed E-state index contributed by atoms with van der Waals surface area (Å²) < 4.78 is 0. The largest absolute Gasteiger partial charge is 0.353 e. The lowest BCUT2D eigenvalue weighted by Crippen LogP contribution is -2.44. The number of H-pyrrole nitrogens is 1. The van der Waals surface area contributed by atoms with Gasteiger partial charge in [0.1, 0.15) is 11.6 Å². The molecule has 5 nitrogen and oxygen atoms in total. The lowest BCUT2D eigenvalue weighted by Gasteiger charge is -2.38. The van der Waals surface area contributed by atoms with Gasteiger partial charge in [-0.15, -0.1) is 0 Å². The summed E-state index contributed by atoms with van der Waals surface area (Å²) >= 11 is 0. The Bertz CT molecular complexity index is 457. The molecule has 3 N–H and O–H groups in total. The summed E-state index contributed by atoms with van der Waals surface area (Å²) in [6, 6.07) is 2.01. The topological polar surface area (TPSA) is 75.0 Å². The van der Waals surface area contributed by atoms with Crippen LogP contribution in [0, 0.1) is 5.92 Å². The number of nitrogens with two attached hydrogens (primary N) is 1. The van der Waals surface area contributed by atoms with Gasteiger partial charge in [0.05, 0.1) is 0 Å². The van der Waals surface area contributed by atoms with E-state index < -0.39 is 0 Å². The van der Waals surface area contributed by atoms with Crippen molar-refractivity contribution in [2.24, 2.45) is 11.7 Å². The molecule has 100 valence electrons. The van der Waals surface area contributed by atoms with E-state index in [-0.39, 0.29) is 5.56 Å². The fourth-order valence-electron chi connectivity index (χ4n) is 2.50. The zero-order chi connectivity index (χ0) is 13.1. The van der Waals surface area contributed by atoms with Gasteiger partial charge in [-0.2, -0.15) is 0 Å². The first-order valence-corrected chi connectivity index (χ1v) is 6.71. The van der Waals surface area contributed by atoms with Gasteiger partial charge in [0, 0.05) is 25.1 Å². The van der Waals surface area contributed by atoms with Crippen molar-refractivity contribution < 1.29 is 0 Å². The summed E-state index contributed by atoms with van der Waals surface area (Å²) in [4.78, 5) is 21.1. The first-order chi connectivity index (χ1) is 8.63. The SMILES string of the molecule is CCc1nc(N2CC(CN)CCC2C)cc(=O)[nH]1. The van der Waals surface area contributed by atoms with Crippen molar-refractivity contribution in [3.63, 3.8) is 0 Å². The summed E-state index contributed by atoms with van der Waals surface area (Å²) in [5, 5.41) is 0. The van der Waals surface area contributed by atoms with E-state index in [9.17, 15) is 4.79 Å². The van der Waals surface area contributed by atoms with Crippen molar-refractivity contribution in [1.29, 1.82) is 0 Å². The number of aromatic amines is 1. The van der Waals surface area contributed by atoms with E-state index >= 15 is 0 Å². The standard InChI is InChI=1S/C13H22N4O/c1-3-11-15-12(6-13(18)16-11)17-8-10(7-14)5-4-9(17)2/h6,9-10H,3-5,7-8,14H2,1-2H3,(H,15,16,18). The Morgan fingerprint density at radius 3 is 3.00 bits per heavy atom. The summed E-state index contributed by atoms with van der Waals surface area (Å²) in [5.41, 5.74) is 5.69. The van der Waals surface area contributed by atoms with Crippen LogP contribution < -0.4 is 16.2 Å². The third-order valence-corrected chi connectivity index (χ3v) is 3.72. The van der Waals surface area contributed by atoms with E-state index in [1.165, 1.54) is 0 Å². The molecule has 1 aromatic rings. The van der Waals surface area contributed by atoms with Crippen LogP contribution in [0.1, 0.15) is 32.5 Å². The first kappa shape index (κ1) is 13.1. The minimum absolute atomic E-state index is 0.0704. The smallest absolute Gasteiger partial charge is 0.252 e. The molecule has 1 aliphatic rings. The van der Waals surface area contributed by atoms with Gasteiger partial charge >= 0.3 is 0 Å². The Kier molecular flexibility index (Phi) is 4.01. The van der Waals surface area contributed by atoms with Gasteiger partial charge in [0.25, 0.3) is 5.56 Å². The van der Waals surface area contributed by atoms with Crippen molar-refractivity contribution in [1.82, 2.24) is 9.97 Å². The van der Waals surface area contributed by atoms with E-state index in [0.717, 1.165) is 37.4 Å². The summed E-state index contributed by atoms with van der Waals surface area (Å²) in [6.07, 6.45) is 3.02. The summed E-state index contributed by atoms with van der Waals surface area (Å²) in [6.45, 7) is 5.77. The second-order valence-corrected chi connectivity index (χ2v) is 5.08. The summed E-state index contributed by atoms with van der Waals surface area (Å²) in [5.74, 6) is 2.05. The normalized spacial score (nSPS) is 24.3. The highest BCUT2D eigenvalue weighted by Crippen LogP contribution is 2.25. The number of rotatable bonds is 3. The zero-order valence-corrected chi connectivity index (χ0v) is 11.1. The van der Waals surface area contributed by atoms with Crippen molar-refractivity contribution in [3.8, 4) is 0 Å². The minimum Gasteiger partial charge on any atom is -0.353 e. The highest BCUT2D eigenvalue weighted by molar-refractivity contribution is 5.39. The van der Waals surface area contributed by atoms with Crippen molar-refractivity contribution in [2.45, 2.75) is 39.2 Å². The molecule has 5 heteroatoms. The van der Waals surface area contributed by atoms with Gasteiger partial charge in [0.15, 0.2) is 0 Å². The average Bonchev–Trinajstić information content (AvgIpc) is 2.38. The predicted octanol–water partition coefficient (Wildman–Crippen LogP) is 0.896. The van der Waals surface area contributed by atoms with Crippen LogP contribution in [0.25, 0.3) is 0 Å². The van der Waals surface area contributed by atoms with Crippen LogP contribution in [0.15, 0.2) is 10.9 Å². The van der Waals surface area contributed by atoms with Crippen LogP contribution in [0.3, 0.4) is 0 Å². The third-order valence-electron chi connectivity index (χ3n) is 3.72. The van der Waals surface area contributed by atoms with Crippen molar-refractivity contribution in [3.05, 3.63) is 22.2 Å². The van der Waals surface area contributed by atoms with Gasteiger partial charge in [-0.05, 0) is 32.2 Å². The number of aromatic nitrogens is 2. The van der Waals surface area contributed by atoms with Gasteiger partial charge in [-0.25, -0.2) is 4.98 Å². The number of hydrogen-bond donors (Lipinski definition) is 2. The molecule has 0 bridgehead atoms. The van der Waals surface area contributed by atoms with Crippen LogP contribution in [0.4, 0.5) is 5.82 Å². The van der Waals surface area contributed by atoms with E-state index in [0.29, 0.717) is 18.5 Å². The molecular formula is C13H22N4O. The Morgan fingerprint density at radius 2 is 2.33 bits per heavy atom.